The summed E-state index contributed by atoms with van der Waals surface area (Å²) in [5, 5.41) is 9.63. The van der Waals surface area contributed by atoms with E-state index in [-0.39, 0.29) is 11.7 Å². The number of amides is 1. The minimum absolute atomic E-state index is 0.0587. The van der Waals surface area contributed by atoms with E-state index in [1.54, 1.807) is 6.07 Å². The third kappa shape index (κ3) is 1.91. The predicted octanol–water partition coefficient (Wildman–Crippen LogP) is 1.65. The molecule has 0 aliphatic carbocycles. The van der Waals surface area contributed by atoms with Crippen LogP contribution >= 0.6 is 0 Å². The Labute approximate surface area is 123 Å². The number of aromatic hydroxyl groups is 1. The quantitative estimate of drug-likeness (QED) is 0.899. The zero-order valence-corrected chi connectivity index (χ0v) is 12.0. The summed E-state index contributed by atoms with van der Waals surface area (Å²) in [6.07, 6.45) is 2.93. The van der Waals surface area contributed by atoms with E-state index in [9.17, 15) is 9.90 Å². The van der Waals surface area contributed by atoms with E-state index in [2.05, 4.69) is 0 Å². The van der Waals surface area contributed by atoms with Crippen LogP contribution in [0.25, 0.3) is 0 Å². The molecule has 1 amide bonds. The average Bonchev–Trinajstić information content (AvgIpc) is 3.18. The lowest BCUT2D eigenvalue weighted by Crippen LogP contribution is -2.31. The van der Waals surface area contributed by atoms with Gasteiger partial charge in [0.25, 0.3) is 5.91 Å². The molecule has 21 heavy (non-hydrogen) atoms. The molecule has 0 radical (unpaired) electrons. The van der Waals surface area contributed by atoms with Crippen LogP contribution in [-0.2, 0) is 4.74 Å². The zero-order chi connectivity index (χ0) is 14.6. The number of hydrogen-bond donors (Lipinski definition) is 1. The van der Waals surface area contributed by atoms with Crippen LogP contribution in [0.5, 0.6) is 11.5 Å². The molecule has 3 fully saturated rings. The highest BCUT2D eigenvalue weighted by Gasteiger charge is 2.53. The van der Waals surface area contributed by atoms with Crippen LogP contribution in [0.4, 0.5) is 0 Å². The minimum Gasteiger partial charge on any atom is -0.508 e. The van der Waals surface area contributed by atoms with Gasteiger partial charge in [-0.25, -0.2) is 0 Å². The van der Waals surface area contributed by atoms with Crippen LogP contribution < -0.4 is 4.74 Å². The maximum Gasteiger partial charge on any atom is 0.257 e. The summed E-state index contributed by atoms with van der Waals surface area (Å²) in [5.74, 6) is 1.50. The standard InChI is InChI=1S/C16H19NO4/c1-20-13-3-2-9(18)6-10(13)16(19)17-7-11-12(8-17)15-5-4-14(11)21-15/h2-3,6,11-12,14-15,18H,4-5,7-8H2,1H3. The first-order valence-corrected chi connectivity index (χ1v) is 7.49. The fourth-order valence-corrected chi connectivity index (χ4v) is 4.16. The largest absolute Gasteiger partial charge is 0.508 e. The molecule has 1 N–H and O–H groups in total. The van der Waals surface area contributed by atoms with E-state index in [0.717, 1.165) is 25.9 Å². The Balaban J connectivity index is 1.58. The first-order valence-electron chi connectivity index (χ1n) is 7.49. The highest BCUT2D eigenvalue weighted by Crippen LogP contribution is 2.47. The van der Waals surface area contributed by atoms with Crippen molar-refractivity contribution in [3.8, 4) is 11.5 Å². The summed E-state index contributed by atoms with van der Waals surface area (Å²) in [6.45, 7) is 1.51. The normalized spacial score (nSPS) is 33.3. The molecule has 4 rings (SSSR count). The second kappa shape index (κ2) is 4.63. The van der Waals surface area contributed by atoms with Crippen LogP contribution in [0.1, 0.15) is 23.2 Å². The van der Waals surface area contributed by atoms with Gasteiger partial charge in [0.15, 0.2) is 0 Å². The first kappa shape index (κ1) is 13.0. The Morgan fingerprint density at radius 2 is 1.95 bits per heavy atom. The summed E-state index contributed by atoms with van der Waals surface area (Å²) < 4.78 is 11.2. The van der Waals surface area contributed by atoms with Crippen LogP contribution in [0.3, 0.4) is 0 Å². The maximum absolute atomic E-state index is 12.7. The number of carbonyl (C=O) groups excluding carboxylic acids is 1. The summed E-state index contributed by atoms with van der Waals surface area (Å²) in [4.78, 5) is 14.6. The monoisotopic (exact) mass is 289 g/mol. The van der Waals surface area contributed by atoms with Gasteiger partial charge in [0.1, 0.15) is 11.5 Å². The predicted molar refractivity (Wildman–Crippen MR) is 75.4 cm³/mol. The van der Waals surface area contributed by atoms with Gasteiger partial charge < -0.3 is 19.5 Å². The van der Waals surface area contributed by atoms with Crippen molar-refractivity contribution < 1.29 is 19.4 Å². The van der Waals surface area contributed by atoms with E-state index < -0.39 is 0 Å². The number of methoxy groups -OCH3 is 1. The number of benzene rings is 1. The smallest absolute Gasteiger partial charge is 0.257 e. The molecular formula is C16H19NO4. The van der Waals surface area contributed by atoms with Gasteiger partial charge in [-0.05, 0) is 31.0 Å². The van der Waals surface area contributed by atoms with Crippen molar-refractivity contribution in [3.05, 3.63) is 23.8 Å². The molecule has 5 heteroatoms. The summed E-state index contributed by atoms with van der Waals surface area (Å²) in [5.41, 5.74) is 0.436. The number of fused-ring (bicyclic) bond motifs is 5. The van der Waals surface area contributed by atoms with Crippen molar-refractivity contribution in [1.29, 1.82) is 0 Å². The summed E-state index contributed by atoms with van der Waals surface area (Å²) in [6, 6.07) is 4.65. The Kier molecular flexibility index (Phi) is 2.85. The molecule has 4 atom stereocenters. The molecule has 3 heterocycles. The number of ether oxygens (including phenoxy) is 2. The van der Waals surface area contributed by atoms with Crippen LogP contribution in [-0.4, -0.2) is 48.3 Å². The van der Waals surface area contributed by atoms with Gasteiger partial charge in [-0.15, -0.1) is 0 Å². The molecule has 0 spiro atoms. The average molecular weight is 289 g/mol. The number of carbonyl (C=O) groups is 1. The Morgan fingerprint density at radius 3 is 2.57 bits per heavy atom. The van der Waals surface area contributed by atoms with Crippen LogP contribution in [0, 0.1) is 11.8 Å². The number of phenolic OH excluding ortho intramolecular Hbond substituents is 1. The van der Waals surface area contributed by atoms with E-state index in [0.29, 0.717) is 35.4 Å². The zero-order valence-electron chi connectivity index (χ0n) is 12.0. The molecule has 4 unspecified atom stereocenters. The fraction of sp³-hybridized carbons (Fsp3) is 0.562. The molecule has 0 aromatic heterocycles. The topological polar surface area (TPSA) is 59.0 Å². The van der Waals surface area contributed by atoms with Crippen molar-refractivity contribution in [2.45, 2.75) is 25.0 Å². The SMILES string of the molecule is COc1ccc(O)cc1C(=O)N1CC2C3CCC(O3)C2C1. The van der Waals surface area contributed by atoms with Crippen LogP contribution in [0.2, 0.25) is 0 Å². The van der Waals surface area contributed by atoms with Crippen molar-refractivity contribution in [2.24, 2.45) is 11.8 Å². The summed E-state index contributed by atoms with van der Waals surface area (Å²) >= 11 is 0. The lowest BCUT2D eigenvalue weighted by atomic mass is 9.82. The fourth-order valence-electron chi connectivity index (χ4n) is 4.16. The second-order valence-corrected chi connectivity index (χ2v) is 6.21. The van der Waals surface area contributed by atoms with E-state index >= 15 is 0 Å². The van der Waals surface area contributed by atoms with Gasteiger partial charge >= 0.3 is 0 Å². The molecule has 2 bridgehead atoms. The molecule has 3 saturated heterocycles. The molecule has 5 nitrogen and oxygen atoms in total. The van der Waals surface area contributed by atoms with Crippen molar-refractivity contribution >= 4 is 5.91 Å². The molecule has 1 aromatic rings. The summed E-state index contributed by atoms with van der Waals surface area (Å²) in [7, 11) is 1.54. The second-order valence-electron chi connectivity index (χ2n) is 6.21. The number of rotatable bonds is 2. The number of phenols is 1. The molecule has 3 aliphatic rings. The third-order valence-corrected chi connectivity index (χ3v) is 5.15. The Bertz CT molecular complexity index is 570. The highest BCUT2D eigenvalue weighted by molar-refractivity contribution is 5.97. The van der Waals surface area contributed by atoms with Crippen molar-refractivity contribution in [1.82, 2.24) is 4.90 Å². The molecule has 3 aliphatic heterocycles. The lowest BCUT2D eigenvalue weighted by Gasteiger charge is -2.20. The number of nitrogens with zero attached hydrogens (tertiary/aromatic N) is 1. The van der Waals surface area contributed by atoms with E-state index in [1.165, 1.54) is 19.2 Å². The van der Waals surface area contributed by atoms with Crippen molar-refractivity contribution in [2.75, 3.05) is 20.2 Å². The third-order valence-electron chi connectivity index (χ3n) is 5.15. The number of hydrogen-bond acceptors (Lipinski definition) is 4. The van der Waals surface area contributed by atoms with Gasteiger partial charge in [0.05, 0.1) is 24.9 Å². The first-order chi connectivity index (χ1) is 10.2. The van der Waals surface area contributed by atoms with Gasteiger partial charge in [0.2, 0.25) is 0 Å². The molecular weight excluding hydrogens is 270 g/mol. The van der Waals surface area contributed by atoms with Gasteiger partial charge in [0, 0.05) is 24.9 Å². The highest BCUT2D eigenvalue weighted by atomic mass is 16.5. The molecule has 0 saturated carbocycles. The van der Waals surface area contributed by atoms with Crippen LogP contribution in [0.15, 0.2) is 18.2 Å². The van der Waals surface area contributed by atoms with E-state index in [4.69, 9.17) is 9.47 Å². The molecule has 112 valence electrons. The van der Waals surface area contributed by atoms with Gasteiger partial charge in [-0.2, -0.15) is 0 Å². The van der Waals surface area contributed by atoms with Crippen molar-refractivity contribution in [3.63, 3.8) is 0 Å². The Hall–Kier alpha value is -1.75. The lowest BCUT2D eigenvalue weighted by molar-refractivity contribution is 0.0592. The molecule has 1 aromatic carbocycles. The maximum atomic E-state index is 12.7. The van der Waals surface area contributed by atoms with Gasteiger partial charge in [-0.3, -0.25) is 4.79 Å². The Morgan fingerprint density at radius 1 is 1.29 bits per heavy atom. The van der Waals surface area contributed by atoms with Gasteiger partial charge in [-0.1, -0.05) is 0 Å². The number of likely N-dealkylation sites (tertiary alicyclic amines) is 1. The minimum atomic E-state index is -0.0587. The van der Waals surface area contributed by atoms with E-state index in [1.807, 2.05) is 4.90 Å².